The molecule has 0 aliphatic carbocycles. The highest BCUT2D eigenvalue weighted by Crippen LogP contribution is 2.32. The van der Waals surface area contributed by atoms with Crippen LogP contribution in [-0.2, 0) is 33.7 Å². The van der Waals surface area contributed by atoms with Gasteiger partial charge in [-0.25, -0.2) is 0 Å². The van der Waals surface area contributed by atoms with Gasteiger partial charge in [-0.2, -0.15) is 13.2 Å². The van der Waals surface area contributed by atoms with Gasteiger partial charge < -0.3 is 9.64 Å². The number of carbonyl (C=O) groups excluding carboxylic acids is 1. The lowest BCUT2D eigenvalue weighted by molar-refractivity contribution is -0.137. The Hall–Kier alpha value is -2.55. The van der Waals surface area contributed by atoms with E-state index < -0.39 is 21.5 Å². The number of fused-ring (bicyclic) bond motifs is 1. The van der Waals surface area contributed by atoms with Crippen molar-refractivity contribution in [1.82, 2.24) is 4.90 Å². The third-order valence-electron chi connectivity index (χ3n) is 4.67. The molecule has 2 aromatic rings. The van der Waals surface area contributed by atoms with E-state index in [1.807, 2.05) is 6.07 Å². The van der Waals surface area contributed by atoms with Crippen molar-refractivity contribution in [3.63, 3.8) is 0 Å². The molecule has 0 saturated heterocycles. The van der Waals surface area contributed by atoms with Crippen LogP contribution < -0.4 is 4.74 Å². The number of nitrogens with one attached hydrogen (secondary N) is 1. The Morgan fingerprint density at radius 1 is 1.14 bits per heavy atom. The first-order valence-corrected chi connectivity index (χ1v) is 11.1. The molecule has 9 heteroatoms. The van der Waals surface area contributed by atoms with Crippen molar-refractivity contribution in [2.24, 2.45) is 0 Å². The molecule has 29 heavy (non-hydrogen) atoms. The highest BCUT2D eigenvalue weighted by Gasteiger charge is 2.30. The van der Waals surface area contributed by atoms with Crippen LogP contribution in [0.3, 0.4) is 0 Å². The summed E-state index contributed by atoms with van der Waals surface area (Å²) in [5.41, 5.74) is 1.24. The molecule has 0 spiro atoms. The summed E-state index contributed by atoms with van der Waals surface area (Å²) in [6.45, 7) is 0.926. The summed E-state index contributed by atoms with van der Waals surface area (Å²) in [7, 11) is -2.71. The van der Waals surface area contributed by atoms with E-state index in [0.29, 0.717) is 25.3 Å². The van der Waals surface area contributed by atoms with Crippen LogP contribution in [0.5, 0.6) is 11.5 Å². The molecule has 0 fully saturated rings. The van der Waals surface area contributed by atoms with Crippen LogP contribution in [0.25, 0.3) is 0 Å². The molecule has 5 nitrogen and oxygen atoms in total. The van der Waals surface area contributed by atoms with Gasteiger partial charge in [-0.15, -0.1) is 0 Å². The molecule has 1 N–H and O–H groups in total. The van der Waals surface area contributed by atoms with Crippen molar-refractivity contribution >= 4 is 15.6 Å². The van der Waals surface area contributed by atoms with Gasteiger partial charge in [0, 0.05) is 41.2 Å². The van der Waals surface area contributed by atoms with Crippen LogP contribution in [0.15, 0.2) is 42.5 Å². The van der Waals surface area contributed by atoms with E-state index >= 15 is 0 Å². The van der Waals surface area contributed by atoms with Gasteiger partial charge >= 0.3 is 6.18 Å². The van der Waals surface area contributed by atoms with Crippen LogP contribution in [0, 0.1) is 4.78 Å². The predicted molar refractivity (Wildman–Crippen MR) is 103 cm³/mol. The minimum Gasteiger partial charge on any atom is -0.457 e. The smallest absolute Gasteiger partial charge is 0.416 e. The summed E-state index contributed by atoms with van der Waals surface area (Å²) in [5.74, 6) is 0.647. The topological polar surface area (TPSA) is 70.5 Å². The molecule has 0 radical (unpaired) electrons. The van der Waals surface area contributed by atoms with Crippen molar-refractivity contribution < 1.29 is 26.9 Å². The first-order valence-electron chi connectivity index (χ1n) is 8.97. The number of benzene rings is 2. The third kappa shape index (κ3) is 5.72. The lowest BCUT2D eigenvalue weighted by Crippen LogP contribution is -2.36. The molecule has 3 rings (SSSR count). The number of rotatable bonds is 5. The third-order valence-corrected chi connectivity index (χ3v) is 5.65. The maximum absolute atomic E-state index is 12.7. The Bertz CT molecular complexity index is 1000. The minimum absolute atomic E-state index is 0.0340. The molecule has 1 heterocycles. The second-order valence-electron chi connectivity index (χ2n) is 7.08. The molecule has 2 aromatic carbocycles. The largest absolute Gasteiger partial charge is 0.457 e. The lowest BCUT2D eigenvalue weighted by atomic mass is 9.99. The zero-order valence-electron chi connectivity index (χ0n) is 15.8. The molecule has 1 aliphatic rings. The number of ether oxygens (including phenoxy) is 1. The van der Waals surface area contributed by atoms with Crippen molar-refractivity contribution in [2.45, 2.75) is 25.6 Å². The van der Waals surface area contributed by atoms with Crippen molar-refractivity contribution in [3.8, 4) is 11.5 Å². The van der Waals surface area contributed by atoms with Gasteiger partial charge in [0.1, 0.15) is 11.5 Å². The summed E-state index contributed by atoms with van der Waals surface area (Å²) >= 11 is 0. The number of halogens is 3. The zero-order chi connectivity index (χ0) is 21.2. The molecule has 1 unspecified atom stereocenters. The Morgan fingerprint density at radius 3 is 2.41 bits per heavy atom. The van der Waals surface area contributed by atoms with Gasteiger partial charge in [0.15, 0.2) is 0 Å². The number of amides is 1. The van der Waals surface area contributed by atoms with E-state index in [9.17, 15) is 22.2 Å². The van der Waals surface area contributed by atoms with Gasteiger partial charge in [0.25, 0.3) is 0 Å². The fourth-order valence-corrected chi connectivity index (χ4v) is 3.66. The van der Waals surface area contributed by atoms with E-state index in [2.05, 4.69) is 0 Å². The number of carbonyl (C=O) groups is 1. The molecular weight excluding hydrogens is 405 g/mol. The second kappa shape index (κ2) is 8.06. The first kappa shape index (κ1) is 21.2. The molecule has 0 bridgehead atoms. The van der Waals surface area contributed by atoms with Gasteiger partial charge in [-0.3, -0.25) is 13.8 Å². The molecule has 0 saturated carbocycles. The Balaban J connectivity index is 1.68. The molecule has 0 aromatic heterocycles. The number of alkyl halides is 3. The summed E-state index contributed by atoms with van der Waals surface area (Å²) in [6, 6.07) is 9.88. The molecule has 1 atom stereocenters. The highest BCUT2D eigenvalue weighted by molar-refractivity contribution is 7.91. The summed E-state index contributed by atoms with van der Waals surface area (Å²) in [6.07, 6.45) is -2.35. The Morgan fingerprint density at radius 2 is 1.79 bits per heavy atom. The van der Waals surface area contributed by atoms with Crippen LogP contribution in [-0.4, -0.2) is 33.6 Å². The fraction of sp³-hybridized carbons (Fsp3) is 0.350. The van der Waals surface area contributed by atoms with E-state index in [1.54, 1.807) is 17.0 Å². The van der Waals surface area contributed by atoms with Crippen LogP contribution >= 0.6 is 0 Å². The van der Waals surface area contributed by atoms with Gasteiger partial charge in [-0.1, -0.05) is 6.07 Å². The van der Waals surface area contributed by atoms with Crippen LogP contribution in [0.2, 0.25) is 0 Å². The predicted octanol–water partition coefficient (Wildman–Crippen LogP) is 4.45. The number of hydrogen-bond acceptors (Lipinski definition) is 4. The average Bonchev–Trinajstić information content (AvgIpc) is 2.64. The monoisotopic (exact) mass is 426 g/mol. The van der Waals surface area contributed by atoms with Crippen molar-refractivity contribution in [1.29, 1.82) is 4.78 Å². The molecular formula is C20H21F3N2O3S. The normalized spacial score (nSPS) is 16.1. The van der Waals surface area contributed by atoms with Crippen LogP contribution in [0.1, 0.15) is 23.1 Å². The summed E-state index contributed by atoms with van der Waals surface area (Å²) in [5, 5.41) is 0. The zero-order valence-corrected chi connectivity index (χ0v) is 16.6. The Labute approximate surface area is 167 Å². The van der Waals surface area contributed by atoms with Crippen molar-refractivity contribution in [2.75, 3.05) is 18.6 Å². The molecule has 1 aliphatic heterocycles. The van der Waals surface area contributed by atoms with E-state index in [0.717, 1.165) is 23.3 Å². The lowest BCUT2D eigenvalue weighted by Gasteiger charge is -2.29. The van der Waals surface area contributed by atoms with Gasteiger partial charge in [0.05, 0.1) is 5.56 Å². The van der Waals surface area contributed by atoms with Gasteiger partial charge in [-0.05, 0) is 53.9 Å². The average molecular weight is 426 g/mol. The number of hydrogen-bond donors (Lipinski definition) is 1. The van der Waals surface area contributed by atoms with Gasteiger partial charge in [0.2, 0.25) is 5.91 Å². The SMILES string of the molecule is CS(=N)(=O)CCC(=O)N1CCc2ccc(Oc3ccc(C(F)(F)F)cc3)cc2C1. The fourth-order valence-electron chi connectivity index (χ4n) is 3.10. The van der Waals surface area contributed by atoms with E-state index in [1.165, 1.54) is 18.4 Å². The quantitative estimate of drug-likeness (QED) is 0.768. The number of nitrogens with zero attached hydrogens (tertiary/aromatic N) is 1. The second-order valence-corrected chi connectivity index (χ2v) is 9.50. The van der Waals surface area contributed by atoms with Crippen LogP contribution in [0.4, 0.5) is 13.2 Å². The summed E-state index contributed by atoms with van der Waals surface area (Å²) in [4.78, 5) is 14.0. The standard InChI is InChI=1S/C20H21F3N2O3S/c1-29(24,27)11-9-19(26)25-10-8-14-2-5-18(12-15(14)13-25)28-17-6-3-16(4-7-17)20(21,22)23/h2-7,12,24H,8-11,13H2,1H3. The maximum Gasteiger partial charge on any atom is 0.416 e. The minimum atomic E-state index is -4.40. The Kier molecular flexibility index (Phi) is 5.88. The molecule has 1 amide bonds. The molecule has 156 valence electrons. The first-order chi connectivity index (χ1) is 13.5. The summed E-state index contributed by atoms with van der Waals surface area (Å²) < 4.78 is 62.5. The maximum atomic E-state index is 12.7. The van der Waals surface area contributed by atoms with E-state index in [-0.39, 0.29) is 23.8 Å². The highest BCUT2D eigenvalue weighted by atomic mass is 32.2. The van der Waals surface area contributed by atoms with E-state index in [4.69, 9.17) is 9.52 Å². The van der Waals surface area contributed by atoms with Crippen molar-refractivity contribution in [3.05, 3.63) is 59.2 Å².